The topological polar surface area (TPSA) is 76.5 Å². The first-order valence-electron chi connectivity index (χ1n) is 9.73. The van der Waals surface area contributed by atoms with Crippen LogP contribution in [0.2, 0.25) is 0 Å². The van der Waals surface area contributed by atoms with E-state index in [1.54, 1.807) is 0 Å². The number of aliphatic imine (C=N–C) groups is 1. The average Bonchev–Trinajstić information content (AvgIpc) is 3.26. The Kier molecular flexibility index (Phi) is 6.19. The van der Waals surface area contributed by atoms with Gasteiger partial charge in [0.15, 0.2) is 5.69 Å². The van der Waals surface area contributed by atoms with Crippen LogP contribution in [0.15, 0.2) is 47.4 Å². The Labute approximate surface area is 177 Å². The number of alkyl halides is 3. The van der Waals surface area contributed by atoms with Crippen LogP contribution in [0.5, 0.6) is 0 Å². The molecule has 0 spiro atoms. The smallest absolute Gasteiger partial charge is 0.403 e. The molecule has 1 aliphatic heterocycles. The van der Waals surface area contributed by atoms with Gasteiger partial charge in [0.1, 0.15) is 17.7 Å². The van der Waals surface area contributed by atoms with E-state index in [0.717, 1.165) is 6.20 Å². The quantitative estimate of drug-likeness (QED) is 0.558. The lowest BCUT2D eigenvalue weighted by atomic mass is 10.0. The molecule has 0 saturated carbocycles. The number of likely N-dealkylation sites (tertiary alicyclic amines) is 1. The largest absolute Gasteiger partial charge is 0.434 e. The minimum Gasteiger partial charge on any atom is -0.403 e. The first kappa shape index (κ1) is 22.5. The Balaban J connectivity index is 1.92. The van der Waals surface area contributed by atoms with Crippen LogP contribution in [0, 0.1) is 18.7 Å². The molecule has 1 unspecified atom stereocenters. The van der Waals surface area contributed by atoms with Crippen molar-refractivity contribution < 1.29 is 22.4 Å². The van der Waals surface area contributed by atoms with E-state index >= 15 is 0 Å². The van der Waals surface area contributed by atoms with Crippen LogP contribution < -0.4 is 5.73 Å². The molecule has 1 saturated heterocycles. The maximum absolute atomic E-state index is 13.2. The van der Waals surface area contributed by atoms with Crippen molar-refractivity contribution in [2.75, 3.05) is 6.54 Å². The zero-order valence-corrected chi connectivity index (χ0v) is 17.3. The number of carbonyl (C=O) groups excluding carboxylic acids is 1. The number of hydrogen-bond acceptors (Lipinski definition) is 4. The van der Waals surface area contributed by atoms with Crippen LogP contribution in [0.1, 0.15) is 37.8 Å². The number of amides is 1. The molecule has 0 radical (unpaired) electrons. The number of carbonyl (C=O) groups is 1. The third-order valence-electron chi connectivity index (χ3n) is 5.05. The fourth-order valence-electron chi connectivity index (χ4n) is 3.55. The van der Waals surface area contributed by atoms with Crippen LogP contribution in [0.25, 0.3) is 0 Å². The Morgan fingerprint density at radius 3 is 2.45 bits per heavy atom. The van der Waals surface area contributed by atoms with Gasteiger partial charge in [0, 0.05) is 18.9 Å². The van der Waals surface area contributed by atoms with Crippen LogP contribution in [-0.4, -0.2) is 32.6 Å². The van der Waals surface area contributed by atoms with Crippen molar-refractivity contribution in [2.24, 2.45) is 16.6 Å². The number of aromatic nitrogens is 2. The summed E-state index contributed by atoms with van der Waals surface area (Å²) in [6.45, 7) is 5.44. The van der Waals surface area contributed by atoms with Gasteiger partial charge in [-0.25, -0.2) is 9.37 Å². The van der Waals surface area contributed by atoms with Gasteiger partial charge in [-0.15, -0.1) is 0 Å². The van der Waals surface area contributed by atoms with E-state index in [0.29, 0.717) is 23.5 Å². The van der Waals surface area contributed by atoms with E-state index in [9.17, 15) is 22.4 Å². The maximum Gasteiger partial charge on any atom is 0.434 e. The number of hydrogen-bond donors (Lipinski definition) is 1. The molecule has 1 fully saturated rings. The second-order valence-electron chi connectivity index (χ2n) is 7.55. The summed E-state index contributed by atoms with van der Waals surface area (Å²) < 4.78 is 53.5. The molecule has 10 heteroatoms. The van der Waals surface area contributed by atoms with Gasteiger partial charge in [-0.05, 0) is 43.5 Å². The number of allylic oxidation sites excluding steroid dienone is 1. The average molecular weight is 437 g/mol. The minimum absolute atomic E-state index is 0.106. The van der Waals surface area contributed by atoms with Crippen LogP contribution in [0.3, 0.4) is 0 Å². The molecule has 2 heterocycles. The van der Waals surface area contributed by atoms with Crippen molar-refractivity contribution in [3.63, 3.8) is 0 Å². The standard InChI is InChI=1S/C21H23F4N5O/c1-12(2)19(28-15-6-4-14(22)5-7-15)17(10-26)29-9-8-16(20(29)31)30-11-18(21(23,24)25)27-13(30)3/h4-7,10-12,16H,8-9,26H2,1-3H3. The highest BCUT2D eigenvalue weighted by atomic mass is 19.4. The van der Waals surface area contributed by atoms with Gasteiger partial charge in [0.05, 0.1) is 17.1 Å². The molecule has 1 aliphatic rings. The van der Waals surface area contributed by atoms with E-state index in [4.69, 9.17) is 5.73 Å². The summed E-state index contributed by atoms with van der Waals surface area (Å²) in [6.07, 6.45) is -2.16. The van der Waals surface area contributed by atoms with Crippen LogP contribution >= 0.6 is 0 Å². The third kappa shape index (κ3) is 4.62. The molecule has 1 aromatic heterocycles. The van der Waals surface area contributed by atoms with Crippen molar-refractivity contribution in [1.29, 1.82) is 0 Å². The highest BCUT2D eigenvalue weighted by Gasteiger charge is 2.40. The number of nitrogens with zero attached hydrogens (tertiary/aromatic N) is 4. The summed E-state index contributed by atoms with van der Waals surface area (Å²) in [5.74, 6) is -0.808. The van der Waals surface area contributed by atoms with Gasteiger partial charge in [0.2, 0.25) is 5.91 Å². The molecule has 1 aromatic carbocycles. The minimum atomic E-state index is -4.59. The molecule has 6 nitrogen and oxygen atoms in total. The number of benzene rings is 1. The van der Waals surface area contributed by atoms with Crippen molar-refractivity contribution in [3.8, 4) is 0 Å². The van der Waals surface area contributed by atoms with Crippen molar-refractivity contribution in [3.05, 3.63) is 59.7 Å². The molecular weight excluding hydrogens is 414 g/mol. The molecule has 1 atom stereocenters. The van der Waals surface area contributed by atoms with Crippen LogP contribution in [0.4, 0.5) is 23.2 Å². The third-order valence-corrected chi connectivity index (χ3v) is 5.05. The molecule has 2 N–H and O–H groups in total. The molecule has 0 bridgehead atoms. The predicted octanol–water partition coefficient (Wildman–Crippen LogP) is 4.35. The summed E-state index contributed by atoms with van der Waals surface area (Å²) in [5.41, 5.74) is 6.19. The highest BCUT2D eigenvalue weighted by molar-refractivity contribution is 6.05. The first-order chi connectivity index (χ1) is 14.5. The second kappa shape index (κ2) is 8.52. The molecule has 3 rings (SSSR count). The van der Waals surface area contributed by atoms with Crippen molar-refractivity contribution in [1.82, 2.24) is 14.5 Å². The summed E-state index contributed by atoms with van der Waals surface area (Å²) in [6, 6.07) is 4.75. The SMILES string of the molecule is Cc1nc(C(F)(F)F)cn1C1CCN(C(=CN)C(=Nc2ccc(F)cc2)C(C)C)C1=O. The van der Waals surface area contributed by atoms with E-state index in [1.807, 2.05) is 13.8 Å². The highest BCUT2D eigenvalue weighted by Crippen LogP contribution is 2.33. The van der Waals surface area contributed by atoms with Crippen molar-refractivity contribution in [2.45, 2.75) is 39.4 Å². The molecular formula is C21H23F4N5O. The molecule has 0 aliphatic carbocycles. The second-order valence-corrected chi connectivity index (χ2v) is 7.55. The lowest BCUT2D eigenvalue weighted by molar-refractivity contribution is -0.141. The number of rotatable bonds is 5. The Bertz CT molecular complexity index is 1020. The summed E-state index contributed by atoms with van der Waals surface area (Å²) in [7, 11) is 0. The normalized spacial score (nSPS) is 18.4. The number of halogens is 4. The van der Waals surface area contributed by atoms with Crippen LogP contribution in [-0.2, 0) is 11.0 Å². The van der Waals surface area contributed by atoms with Gasteiger partial charge in [0.25, 0.3) is 0 Å². The van der Waals surface area contributed by atoms with Gasteiger partial charge < -0.3 is 15.2 Å². The lowest BCUT2D eigenvalue weighted by Crippen LogP contribution is -2.33. The summed E-state index contributed by atoms with van der Waals surface area (Å²) >= 11 is 0. The van der Waals surface area contributed by atoms with Gasteiger partial charge in [-0.1, -0.05) is 13.8 Å². The predicted molar refractivity (Wildman–Crippen MR) is 108 cm³/mol. The molecule has 1 amide bonds. The van der Waals surface area contributed by atoms with Gasteiger partial charge >= 0.3 is 6.18 Å². The number of nitrogens with two attached hydrogens (primary N) is 1. The van der Waals surface area contributed by atoms with Crippen molar-refractivity contribution >= 4 is 17.3 Å². The molecule has 166 valence electrons. The summed E-state index contributed by atoms with van der Waals surface area (Å²) in [5, 5.41) is 0. The zero-order valence-electron chi connectivity index (χ0n) is 17.3. The zero-order chi connectivity index (χ0) is 22.9. The van der Waals surface area contributed by atoms with E-state index in [1.165, 1.54) is 46.9 Å². The fraction of sp³-hybridized carbons (Fsp3) is 0.381. The monoisotopic (exact) mass is 437 g/mol. The van der Waals surface area contributed by atoms with E-state index in [-0.39, 0.29) is 18.3 Å². The molecule has 2 aromatic rings. The summed E-state index contributed by atoms with van der Waals surface area (Å²) in [4.78, 5) is 22.7. The Morgan fingerprint density at radius 2 is 1.94 bits per heavy atom. The Hall–Kier alpha value is -3.17. The lowest BCUT2D eigenvalue weighted by Gasteiger charge is -2.24. The van der Waals surface area contributed by atoms with E-state index < -0.39 is 29.6 Å². The molecule has 31 heavy (non-hydrogen) atoms. The van der Waals surface area contributed by atoms with E-state index in [2.05, 4.69) is 9.98 Å². The Morgan fingerprint density at radius 1 is 1.29 bits per heavy atom. The number of aryl methyl sites for hydroxylation is 1. The van der Waals surface area contributed by atoms with Gasteiger partial charge in [-0.3, -0.25) is 9.79 Å². The fourth-order valence-corrected chi connectivity index (χ4v) is 3.55. The first-order valence-corrected chi connectivity index (χ1v) is 9.73. The number of imidazole rings is 1. The van der Waals surface area contributed by atoms with Gasteiger partial charge in [-0.2, -0.15) is 13.2 Å². The maximum atomic E-state index is 13.2.